The average molecular weight is 262 g/mol. The number of ether oxygens (including phenoxy) is 2. The number of benzene rings is 1. The Kier molecular flexibility index (Phi) is 9.86. The smallest absolute Gasteiger partial charge is 0.119 e. The van der Waals surface area contributed by atoms with Crippen molar-refractivity contribution in [3.63, 3.8) is 0 Å². The van der Waals surface area contributed by atoms with Gasteiger partial charge in [-0.3, -0.25) is 0 Å². The summed E-state index contributed by atoms with van der Waals surface area (Å²) in [6.45, 7) is 2.65. The number of aliphatic hydroxyl groups is 1. The van der Waals surface area contributed by atoms with Gasteiger partial charge in [0.25, 0.3) is 0 Å². The zero-order valence-electron chi connectivity index (χ0n) is 10.0. The maximum Gasteiger partial charge on any atom is 0.119 e. The number of hydrogen-bond donors (Lipinski definition) is 2. The second-order valence-corrected chi connectivity index (χ2v) is 3.39. The van der Waals surface area contributed by atoms with Crippen molar-refractivity contribution in [3.8, 4) is 5.75 Å². The molecule has 0 heterocycles. The van der Waals surface area contributed by atoms with E-state index in [0.29, 0.717) is 19.8 Å². The third-order valence-electron chi connectivity index (χ3n) is 2.07. The van der Waals surface area contributed by atoms with Crippen LogP contribution in [0.1, 0.15) is 5.56 Å². The highest BCUT2D eigenvalue weighted by molar-refractivity contribution is 5.85. The van der Waals surface area contributed by atoms with Crippen LogP contribution in [0.25, 0.3) is 0 Å². The van der Waals surface area contributed by atoms with Gasteiger partial charge in [0.1, 0.15) is 12.4 Å². The minimum atomic E-state index is 0. The van der Waals surface area contributed by atoms with Gasteiger partial charge in [-0.15, -0.1) is 12.4 Å². The van der Waals surface area contributed by atoms with Gasteiger partial charge in [0.05, 0.1) is 13.2 Å². The summed E-state index contributed by atoms with van der Waals surface area (Å²) in [4.78, 5) is 0. The van der Waals surface area contributed by atoms with E-state index in [2.05, 4.69) is 5.32 Å². The van der Waals surface area contributed by atoms with Crippen LogP contribution in [0, 0.1) is 0 Å². The first-order valence-electron chi connectivity index (χ1n) is 5.39. The lowest BCUT2D eigenvalue weighted by molar-refractivity contribution is 0.146. The Balaban J connectivity index is 0.00000256. The predicted octanol–water partition coefficient (Wildman–Crippen LogP) is 1.22. The molecule has 0 amide bonds. The van der Waals surface area contributed by atoms with Crippen molar-refractivity contribution in [1.29, 1.82) is 0 Å². The van der Waals surface area contributed by atoms with E-state index in [1.54, 1.807) is 7.11 Å². The van der Waals surface area contributed by atoms with Crippen molar-refractivity contribution in [3.05, 3.63) is 29.8 Å². The van der Waals surface area contributed by atoms with E-state index in [-0.39, 0.29) is 19.0 Å². The maximum absolute atomic E-state index is 8.64. The largest absolute Gasteiger partial charge is 0.491 e. The summed E-state index contributed by atoms with van der Waals surface area (Å²) < 4.78 is 10.4. The summed E-state index contributed by atoms with van der Waals surface area (Å²) in [5.74, 6) is 0.848. The molecule has 0 radical (unpaired) electrons. The first-order valence-corrected chi connectivity index (χ1v) is 5.39. The lowest BCUT2D eigenvalue weighted by atomic mass is 10.2. The monoisotopic (exact) mass is 261 g/mol. The first kappa shape index (κ1) is 16.2. The van der Waals surface area contributed by atoms with Crippen LogP contribution in [0.4, 0.5) is 0 Å². The molecule has 0 aromatic heterocycles. The molecule has 1 aromatic rings. The molecule has 1 aromatic carbocycles. The van der Waals surface area contributed by atoms with Gasteiger partial charge < -0.3 is 19.9 Å². The van der Waals surface area contributed by atoms with Crippen LogP contribution in [-0.4, -0.2) is 38.6 Å². The van der Waals surface area contributed by atoms with Crippen LogP contribution in [0.5, 0.6) is 5.75 Å². The highest BCUT2D eigenvalue weighted by atomic mass is 35.5. The summed E-state index contributed by atoms with van der Waals surface area (Å²) in [6.07, 6.45) is 0. The number of rotatable bonds is 8. The first-order chi connectivity index (χ1) is 7.86. The average Bonchev–Trinajstić information content (AvgIpc) is 2.30. The zero-order chi connectivity index (χ0) is 11.6. The van der Waals surface area contributed by atoms with Gasteiger partial charge in [-0.2, -0.15) is 0 Å². The molecule has 0 atom stereocenters. The number of halogens is 1. The van der Waals surface area contributed by atoms with Crippen LogP contribution in [-0.2, 0) is 11.3 Å². The summed E-state index contributed by atoms with van der Waals surface area (Å²) in [5, 5.41) is 11.8. The van der Waals surface area contributed by atoms with Crippen molar-refractivity contribution >= 4 is 12.4 Å². The van der Waals surface area contributed by atoms with Crippen LogP contribution >= 0.6 is 12.4 Å². The molecule has 98 valence electrons. The maximum atomic E-state index is 8.64. The van der Waals surface area contributed by atoms with Crippen molar-refractivity contribution in [1.82, 2.24) is 5.32 Å². The Morgan fingerprint density at radius 3 is 2.82 bits per heavy atom. The number of methoxy groups -OCH3 is 1. The highest BCUT2D eigenvalue weighted by Gasteiger charge is 1.96. The van der Waals surface area contributed by atoms with Gasteiger partial charge in [-0.05, 0) is 17.7 Å². The standard InChI is InChI=1S/C12H19NO3.ClH/c1-15-7-8-16-12-4-2-3-11(9-12)10-13-5-6-14;/h2-4,9,13-14H,5-8,10H2,1H3;1H. The lowest BCUT2D eigenvalue weighted by Crippen LogP contribution is -2.17. The molecule has 5 heteroatoms. The summed E-state index contributed by atoms with van der Waals surface area (Å²) in [6, 6.07) is 7.89. The predicted molar refractivity (Wildman–Crippen MR) is 69.9 cm³/mol. The molecule has 0 fully saturated rings. The molecule has 0 spiro atoms. The summed E-state index contributed by atoms with van der Waals surface area (Å²) in [5.41, 5.74) is 1.14. The minimum absolute atomic E-state index is 0. The van der Waals surface area contributed by atoms with Crippen LogP contribution in [0.2, 0.25) is 0 Å². The number of nitrogens with one attached hydrogen (secondary N) is 1. The van der Waals surface area contributed by atoms with Crippen molar-refractivity contribution in [2.24, 2.45) is 0 Å². The van der Waals surface area contributed by atoms with Gasteiger partial charge in [0, 0.05) is 20.2 Å². The number of hydrogen-bond acceptors (Lipinski definition) is 4. The fraction of sp³-hybridized carbons (Fsp3) is 0.500. The molecule has 0 saturated carbocycles. The van der Waals surface area contributed by atoms with E-state index in [0.717, 1.165) is 17.9 Å². The van der Waals surface area contributed by atoms with Gasteiger partial charge in [-0.25, -0.2) is 0 Å². The molecule has 0 saturated heterocycles. The van der Waals surface area contributed by atoms with E-state index in [1.165, 1.54) is 0 Å². The molecule has 0 unspecified atom stereocenters. The molecule has 1 rings (SSSR count). The topological polar surface area (TPSA) is 50.7 Å². The van der Waals surface area contributed by atoms with Crippen molar-refractivity contribution in [2.45, 2.75) is 6.54 Å². The molecule has 0 bridgehead atoms. The summed E-state index contributed by atoms with van der Waals surface area (Å²) in [7, 11) is 1.65. The minimum Gasteiger partial charge on any atom is -0.491 e. The molecule has 4 nitrogen and oxygen atoms in total. The molecular formula is C12H20ClNO3. The second kappa shape index (κ2) is 10.4. The Bertz CT molecular complexity index is 272. The fourth-order valence-corrected chi connectivity index (χ4v) is 1.30. The SMILES string of the molecule is COCCOc1cccc(CNCCO)c1.Cl. The third-order valence-corrected chi connectivity index (χ3v) is 2.07. The summed E-state index contributed by atoms with van der Waals surface area (Å²) >= 11 is 0. The molecule has 2 N–H and O–H groups in total. The quantitative estimate of drug-likeness (QED) is 0.691. The molecule has 0 aliphatic carbocycles. The van der Waals surface area contributed by atoms with E-state index < -0.39 is 0 Å². The van der Waals surface area contributed by atoms with Crippen LogP contribution < -0.4 is 10.1 Å². The van der Waals surface area contributed by atoms with Gasteiger partial charge in [0.15, 0.2) is 0 Å². The molecule has 0 aliphatic rings. The van der Waals surface area contributed by atoms with Gasteiger partial charge in [0.2, 0.25) is 0 Å². The van der Waals surface area contributed by atoms with Gasteiger partial charge in [-0.1, -0.05) is 12.1 Å². The highest BCUT2D eigenvalue weighted by Crippen LogP contribution is 2.12. The molecular weight excluding hydrogens is 242 g/mol. The Labute approximate surface area is 108 Å². The van der Waals surface area contributed by atoms with E-state index in [1.807, 2.05) is 24.3 Å². The fourth-order valence-electron chi connectivity index (χ4n) is 1.30. The Morgan fingerprint density at radius 2 is 2.12 bits per heavy atom. The van der Waals surface area contributed by atoms with E-state index in [4.69, 9.17) is 14.6 Å². The van der Waals surface area contributed by atoms with Gasteiger partial charge >= 0.3 is 0 Å². The normalized spacial score (nSPS) is 9.76. The van der Waals surface area contributed by atoms with Crippen molar-refractivity contribution < 1.29 is 14.6 Å². The Morgan fingerprint density at radius 1 is 1.29 bits per heavy atom. The van der Waals surface area contributed by atoms with E-state index in [9.17, 15) is 0 Å². The Hall–Kier alpha value is -0.810. The molecule has 0 aliphatic heterocycles. The molecule has 17 heavy (non-hydrogen) atoms. The van der Waals surface area contributed by atoms with Crippen LogP contribution in [0.15, 0.2) is 24.3 Å². The lowest BCUT2D eigenvalue weighted by Gasteiger charge is -2.08. The van der Waals surface area contributed by atoms with Crippen LogP contribution in [0.3, 0.4) is 0 Å². The van der Waals surface area contributed by atoms with Crippen molar-refractivity contribution in [2.75, 3.05) is 33.5 Å². The number of aliphatic hydroxyl groups excluding tert-OH is 1. The third kappa shape index (κ3) is 7.18. The second-order valence-electron chi connectivity index (χ2n) is 3.39. The zero-order valence-corrected chi connectivity index (χ0v) is 10.8. The van der Waals surface area contributed by atoms with E-state index >= 15 is 0 Å².